The molecule has 4 heteroatoms. The number of carbonyl (C=O) groups is 1. The van der Waals surface area contributed by atoms with Crippen molar-refractivity contribution in [1.82, 2.24) is 0 Å². The van der Waals surface area contributed by atoms with E-state index in [0.717, 1.165) is 22.7 Å². The van der Waals surface area contributed by atoms with E-state index in [0.29, 0.717) is 6.61 Å². The highest BCUT2D eigenvalue weighted by molar-refractivity contribution is 5.76. The molecule has 138 valence electrons. The number of carbonyl (C=O) groups excluding carboxylic acids is 1. The Labute approximate surface area is 152 Å². The Balaban J connectivity index is 0.00000134. The van der Waals surface area contributed by atoms with Gasteiger partial charge in [0.2, 0.25) is 0 Å². The number of ketones is 1. The number of benzene rings is 2. The van der Waals surface area contributed by atoms with Gasteiger partial charge < -0.3 is 14.8 Å². The molecule has 2 aromatic carbocycles. The van der Waals surface area contributed by atoms with Crippen LogP contribution in [-0.2, 0) is 16.1 Å². The Hall–Kier alpha value is -2.33. The van der Waals surface area contributed by atoms with Gasteiger partial charge in [-0.3, -0.25) is 4.79 Å². The Bertz CT molecular complexity index is 594. The minimum absolute atomic E-state index is 0.0272. The number of Topliss-reactive ketones (excluding diaryl/α,β-unsaturated/α-hetero) is 1. The SMILES string of the molecule is CC.CC.CNc1cccc(Oc2ccc(COCC(C)=O)cc2)c1. The van der Waals surface area contributed by atoms with Crippen molar-refractivity contribution >= 4 is 11.5 Å². The van der Waals surface area contributed by atoms with E-state index in [4.69, 9.17) is 9.47 Å². The summed E-state index contributed by atoms with van der Waals surface area (Å²) in [6.07, 6.45) is 0. The van der Waals surface area contributed by atoms with Crippen LogP contribution in [0.5, 0.6) is 11.5 Å². The molecule has 0 aliphatic heterocycles. The van der Waals surface area contributed by atoms with Gasteiger partial charge in [-0.25, -0.2) is 0 Å². The number of nitrogens with one attached hydrogen (secondary N) is 1. The second-order valence-corrected chi connectivity index (χ2v) is 4.72. The number of hydrogen-bond donors (Lipinski definition) is 1. The predicted molar refractivity (Wildman–Crippen MR) is 106 cm³/mol. The summed E-state index contributed by atoms with van der Waals surface area (Å²) < 4.78 is 11.1. The highest BCUT2D eigenvalue weighted by atomic mass is 16.5. The molecule has 0 saturated heterocycles. The minimum Gasteiger partial charge on any atom is -0.457 e. The molecule has 25 heavy (non-hydrogen) atoms. The van der Waals surface area contributed by atoms with Gasteiger partial charge in [-0.1, -0.05) is 45.9 Å². The van der Waals surface area contributed by atoms with Crippen molar-refractivity contribution in [2.75, 3.05) is 19.0 Å². The zero-order valence-corrected chi connectivity index (χ0v) is 16.3. The van der Waals surface area contributed by atoms with Crippen molar-refractivity contribution in [3.63, 3.8) is 0 Å². The summed E-state index contributed by atoms with van der Waals surface area (Å²) in [5.41, 5.74) is 2.01. The Morgan fingerprint density at radius 3 is 2.16 bits per heavy atom. The van der Waals surface area contributed by atoms with E-state index in [1.54, 1.807) is 0 Å². The molecular formula is C21H31NO3. The lowest BCUT2D eigenvalue weighted by atomic mass is 10.2. The molecule has 0 radical (unpaired) electrons. The first-order chi connectivity index (χ1) is 12.2. The highest BCUT2D eigenvalue weighted by Gasteiger charge is 2.00. The van der Waals surface area contributed by atoms with Crippen LogP contribution in [0.15, 0.2) is 48.5 Å². The van der Waals surface area contributed by atoms with Crippen LogP contribution in [0.2, 0.25) is 0 Å². The summed E-state index contributed by atoms with van der Waals surface area (Å²) in [6.45, 7) is 10.1. The molecule has 0 saturated carbocycles. The van der Waals surface area contributed by atoms with E-state index in [9.17, 15) is 4.79 Å². The monoisotopic (exact) mass is 345 g/mol. The normalized spacial score (nSPS) is 9.04. The van der Waals surface area contributed by atoms with E-state index in [2.05, 4.69) is 5.32 Å². The number of anilines is 1. The quantitative estimate of drug-likeness (QED) is 0.701. The molecule has 0 bridgehead atoms. The Kier molecular flexibility index (Phi) is 12.7. The van der Waals surface area contributed by atoms with Gasteiger partial charge in [0.1, 0.15) is 18.1 Å². The van der Waals surface area contributed by atoms with Gasteiger partial charge >= 0.3 is 0 Å². The first-order valence-electron chi connectivity index (χ1n) is 8.79. The summed E-state index contributed by atoms with van der Waals surface area (Å²) in [5.74, 6) is 1.57. The highest BCUT2D eigenvalue weighted by Crippen LogP contribution is 2.24. The molecule has 0 aromatic heterocycles. The van der Waals surface area contributed by atoms with E-state index >= 15 is 0 Å². The molecule has 0 atom stereocenters. The maximum atomic E-state index is 10.8. The lowest BCUT2D eigenvalue weighted by molar-refractivity contribution is -0.121. The number of ether oxygens (including phenoxy) is 2. The number of rotatable bonds is 7. The third-order valence-corrected chi connectivity index (χ3v) is 2.86. The Morgan fingerprint density at radius 2 is 1.60 bits per heavy atom. The molecule has 0 aliphatic carbocycles. The second-order valence-electron chi connectivity index (χ2n) is 4.72. The van der Waals surface area contributed by atoms with Crippen LogP contribution in [0, 0.1) is 0 Å². The van der Waals surface area contributed by atoms with Crippen molar-refractivity contribution < 1.29 is 14.3 Å². The molecule has 0 amide bonds. The van der Waals surface area contributed by atoms with Gasteiger partial charge in [-0.15, -0.1) is 0 Å². The molecule has 2 rings (SSSR count). The summed E-state index contributed by atoms with van der Waals surface area (Å²) in [6, 6.07) is 15.4. The van der Waals surface area contributed by atoms with Gasteiger partial charge in [-0.2, -0.15) is 0 Å². The second kappa shape index (κ2) is 14.1. The first-order valence-corrected chi connectivity index (χ1v) is 8.79. The average molecular weight is 345 g/mol. The molecule has 2 aromatic rings. The van der Waals surface area contributed by atoms with Gasteiger partial charge in [0.15, 0.2) is 5.78 Å². The summed E-state index contributed by atoms with van der Waals surface area (Å²) in [7, 11) is 1.87. The van der Waals surface area contributed by atoms with Gasteiger partial charge in [0.05, 0.1) is 6.61 Å². The van der Waals surface area contributed by atoms with Gasteiger partial charge in [0.25, 0.3) is 0 Å². The topological polar surface area (TPSA) is 47.6 Å². The smallest absolute Gasteiger partial charge is 0.155 e. The molecule has 0 fully saturated rings. The van der Waals surface area contributed by atoms with Crippen LogP contribution in [-0.4, -0.2) is 19.4 Å². The minimum atomic E-state index is 0.0272. The van der Waals surface area contributed by atoms with E-state index in [1.807, 2.05) is 83.3 Å². The van der Waals surface area contributed by atoms with E-state index < -0.39 is 0 Å². The zero-order chi connectivity index (χ0) is 19.1. The summed E-state index contributed by atoms with van der Waals surface area (Å²) >= 11 is 0. The molecule has 4 nitrogen and oxygen atoms in total. The van der Waals surface area contributed by atoms with E-state index in [1.165, 1.54) is 6.92 Å². The van der Waals surface area contributed by atoms with Crippen molar-refractivity contribution in [3.05, 3.63) is 54.1 Å². The largest absolute Gasteiger partial charge is 0.457 e. The zero-order valence-electron chi connectivity index (χ0n) is 16.3. The van der Waals surface area contributed by atoms with Crippen molar-refractivity contribution in [1.29, 1.82) is 0 Å². The van der Waals surface area contributed by atoms with Crippen molar-refractivity contribution in [2.24, 2.45) is 0 Å². The maximum Gasteiger partial charge on any atom is 0.155 e. The third kappa shape index (κ3) is 9.52. The predicted octanol–water partition coefficient (Wildman–Crippen LogP) is 5.68. The fraction of sp³-hybridized carbons (Fsp3) is 0.381. The summed E-state index contributed by atoms with van der Waals surface area (Å²) in [4.78, 5) is 10.8. The molecule has 0 spiro atoms. The average Bonchev–Trinajstić information content (AvgIpc) is 2.66. The van der Waals surface area contributed by atoms with Crippen LogP contribution >= 0.6 is 0 Å². The van der Waals surface area contributed by atoms with Crippen LogP contribution in [0.25, 0.3) is 0 Å². The first kappa shape index (κ1) is 22.7. The molecule has 1 N–H and O–H groups in total. The molecule has 0 heterocycles. The van der Waals surface area contributed by atoms with Gasteiger partial charge in [-0.05, 0) is 36.8 Å². The lowest BCUT2D eigenvalue weighted by Crippen LogP contribution is -2.03. The maximum absolute atomic E-state index is 10.8. The standard InChI is InChI=1S/C17H19NO3.2C2H6/c1-13(19)11-20-12-14-6-8-16(9-7-14)21-17-5-3-4-15(10-17)18-2;2*1-2/h3-10,18H,11-12H2,1-2H3;2*1-2H3. The Morgan fingerprint density at radius 1 is 0.960 bits per heavy atom. The summed E-state index contributed by atoms with van der Waals surface area (Å²) in [5, 5.41) is 3.07. The van der Waals surface area contributed by atoms with Crippen molar-refractivity contribution in [2.45, 2.75) is 41.2 Å². The van der Waals surface area contributed by atoms with Crippen molar-refractivity contribution in [3.8, 4) is 11.5 Å². The van der Waals surface area contributed by atoms with E-state index in [-0.39, 0.29) is 12.4 Å². The van der Waals surface area contributed by atoms with Crippen LogP contribution < -0.4 is 10.1 Å². The van der Waals surface area contributed by atoms with Crippen LogP contribution in [0.3, 0.4) is 0 Å². The molecule has 0 unspecified atom stereocenters. The molecule has 0 aliphatic rings. The van der Waals surface area contributed by atoms with Crippen LogP contribution in [0.4, 0.5) is 5.69 Å². The lowest BCUT2D eigenvalue weighted by Gasteiger charge is -2.08. The fourth-order valence-electron chi connectivity index (χ4n) is 1.82. The van der Waals surface area contributed by atoms with Crippen LogP contribution in [0.1, 0.15) is 40.2 Å². The fourth-order valence-corrected chi connectivity index (χ4v) is 1.82. The molecular weight excluding hydrogens is 314 g/mol. The third-order valence-electron chi connectivity index (χ3n) is 2.86. The number of hydrogen-bond acceptors (Lipinski definition) is 4. The van der Waals surface area contributed by atoms with Gasteiger partial charge in [0, 0.05) is 18.8 Å².